The first-order valence-corrected chi connectivity index (χ1v) is 7.98. The van der Waals surface area contributed by atoms with Gasteiger partial charge in [-0.05, 0) is 26.0 Å². The summed E-state index contributed by atoms with van der Waals surface area (Å²) in [5.41, 5.74) is 2.03. The van der Waals surface area contributed by atoms with E-state index in [4.69, 9.17) is 16.3 Å². The van der Waals surface area contributed by atoms with E-state index in [1.807, 2.05) is 25.2 Å². The van der Waals surface area contributed by atoms with Crippen LogP contribution in [-0.4, -0.2) is 12.0 Å². The molecule has 0 aliphatic rings. The molecule has 1 aromatic heterocycles. The Kier molecular flexibility index (Phi) is 5.83. The van der Waals surface area contributed by atoms with Crippen molar-refractivity contribution < 1.29 is 4.74 Å². The summed E-state index contributed by atoms with van der Waals surface area (Å²) < 4.78 is 5.87. The molecule has 0 aliphatic carbocycles. The molecule has 5 heteroatoms. The monoisotopic (exact) mass is 310 g/mol. The van der Waals surface area contributed by atoms with Crippen LogP contribution in [0, 0.1) is 0 Å². The number of halogens is 1. The van der Waals surface area contributed by atoms with Crippen molar-refractivity contribution in [2.24, 2.45) is 0 Å². The SMILES string of the molecule is CCCc1nc(COc2c(Cl)cccc2CNC)cs1. The molecule has 1 aromatic carbocycles. The lowest BCUT2D eigenvalue weighted by Crippen LogP contribution is -2.08. The molecule has 2 rings (SSSR count). The average Bonchev–Trinajstić information content (AvgIpc) is 2.87. The number of hydrogen-bond donors (Lipinski definition) is 1. The minimum absolute atomic E-state index is 0.459. The molecular weight excluding hydrogens is 292 g/mol. The minimum Gasteiger partial charge on any atom is -0.485 e. The van der Waals surface area contributed by atoms with Crippen molar-refractivity contribution in [1.29, 1.82) is 0 Å². The van der Waals surface area contributed by atoms with Crippen LogP contribution < -0.4 is 10.1 Å². The Hall–Kier alpha value is -1.10. The molecule has 0 fully saturated rings. The third-order valence-corrected chi connectivity index (χ3v) is 4.10. The predicted octanol–water partition coefficient (Wildman–Crippen LogP) is 4.05. The van der Waals surface area contributed by atoms with Gasteiger partial charge in [0.15, 0.2) is 0 Å². The molecule has 0 aliphatic heterocycles. The van der Waals surface area contributed by atoms with Crippen LogP contribution in [0.3, 0.4) is 0 Å². The van der Waals surface area contributed by atoms with Gasteiger partial charge in [0.2, 0.25) is 0 Å². The van der Waals surface area contributed by atoms with Crippen LogP contribution in [0.5, 0.6) is 5.75 Å². The highest BCUT2D eigenvalue weighted by Gasteiger charge is 2.09. The molecule has 3 nitrogen and oxygen atoms in total. The summed E-state index contributed by atoms with van der Waals surface area (Å²) >= 11 is 7.91. The van der Waals surface area contributed by atoms with Gasteiger partial charge in [-0.25, -0.2) is 4.98 Å². The Balaban J connectivity index is 2.05. The lowest BCUT2D eigenvalue weighted by Gasteiger charge is -2.12. The maximum atomic E-state index is 6.22. The predicted molar refractivity (Wildman–Crippen MR) is 84.7 cm³/mol. The van der Waals surface area contributed by atoms with E-state index in [9.17, 15) is 0 Å². The molecule has 0 atom stereocenters. The van der Waals surface area contributed by atoms with E-state index in [1.54, 1.807) is 11.3 Å². The molecule has 0 bridgehead atoms. The fraction of sp³-hybridized carbons (Fsp3) is 0.400. The van der Waals surface area contributed by atoms with Gasteiger partial charge >= 0.3 is 0 Å². The van der Waals surface area contributed by atoms with Crippen LogP contribution in [0.4, 0.5) is 0 Å². The number of nitrogens with zero attached hydrogens (tertiary/aromatic N) is 1. The van der Waals surface area contributed by atoms with Gasteiger partial charge in [0.1, 0.15) is 12.4 Å². The summed E-state index contributed by atoms with van der Waals surface area (Å²) in [6.45, 7) is 3.35. The van der Waals surface area contributed by atoms with Gasteiger partial charge < -0.3 is 10.1 Å². The zero-order valence-corrected chi connectivity index (χ0v) is 13.4. The van der Waals surface area contributed by atoms with Crippen molar-refractivity contribution in [3.8, 4) is 5.75 Å². The normalized spacial score (nSPS) is 10.8. The number of ether oxygens (including phenoxy) is 1. The molecule has 0 spiro atoms. The molecule has 1 heterocycles. The lowest BCUT2D eigenvalue weighted by molar-refractivity contribution is 0.298. The van der Waals surface area contributed by atoms with Crippen molar-refractivity contribution in [2.45, 2.75) is 32.9 Å². The van der Waals surface area contributed by atoms with Crippen molar-refractivity contribution in [2.75, 3.05) is 7.05 Å². The highest BCUT2D eigenvalue weighted by Crippen LogP contribution is 2.29. The van der Waals surface area contributed by atoms with E-state index in [-0.39, 0.29) is 0 Å². The Morgan fingerprint density at radius 1 is 1.40 bits per heavy atom. The van der Waals surface area contributed by atoms with Gasteiger partial charge in [-0.2, -0.15) is 0 Å². The Morgan fingerprint density at radius 3 is 3.00 bits per heavy atom. The smallest absolute Gasteiger partial charge is 0.142 e. The maximum Gasteiger partial charge on any atom is 0.142 e. The van der Waals surface area contributed by atoms with Crippen LogP contribution >= 0.6 is 22.9 Å². The molecule has 0 radical (unpaired) electrons. The second-order valence-electron chi connectivity index (χ2n) is 4.53. The summed E-state index contributed by atoms with van der Waals surface area (Å²) in [5.74, 6) is 0.744. The second kappa shape index (κ2) is 7.62. The van der Waals surface area contributed by atoms with E-state index >= 15 is 0 Å². The summed E-state index contributed by atoms with van der Waals surface area (Å²) in [7, 11) is 1.90. The number of thiazole rings is 1. The van der Waals surface area contributed by atoms with Gasteiger partial charge in [0, 0.05) is 17.5 Å². The number of benzene rings is 1. The van der Waals surface area contributed by atoms with Crippen LogP contribution in [0.25, 0.3) is 0 Å². The maximum absolute atomic E-state index is 6.22. The molecule has 0 amide bonds. The van der Waals surface area contributed by atoms with Gasteiger partial charge in [-0.15, -0.1) is 11.3 Å². The van der Waals surface area contributed by atoms with E-state index < -0.39 is 0 Å². The van der Waals surface area contributed by atoms with Crippen LogP contribution in [-0.2, 0) is 19.6 Å². The first-order valence-electron chi connectivity index (χ1n) is 6.72. The number of aromatic nitrogens is 1. The molecule has 108 valence electrons. The Morgan fingerprint density at radius 2 is 2.25 bits per heavy atom. The standard InChI is InChI=1S/C15H19ClN2OS/c1-3-5-14-18-12(10-20-14)9-19-15-11(8-17-2)6-4-7-13(15)16/h4,6-7,10,17H,3,5,8-9H2,1-2H3. The first kappa shape index (κ1) is 15.3. The Bertz CT molecular complexity index is 557. The summed E-state index contributed by atoms with van der Waals surface area (Å²) in [6.07, 6.45) is 2.15. The third-order valence-electron chi connectivity index (χ3n) is 2.84. The molecular formula is C15H19ClN2OS. The molecule has 0 saturated heterocycles. The van der Waals surface area contributed by atoms with Crippen LogP contribution in [0.2, 0.25) is 5.02 Å². The van der Waals surface area contributed by atoms with Gasteiger partial charge in [0.25, 0.3) is 0 Å². The summed E-state index contributed by atoms with van der Waals surface area (Å²) in [5, 5.41) is 6.98. The topological polar surface area (TPSA) is 34.1 Å². The fourth-order valence-electron chi connectivity index (χ4n) is 1.93. The quantitative estimate of drug-likeness (QED) is 0.838. The van der Waals surface area contributed by atoms with Crippen molar-refractivity contribution in [1.82, 2.24) is 10.3 Å². The number of nitrogens with one attached hydrogen (secondary N) is 1. The number of rotatable bonds is 7. The number of hydrogen-bond acceptors (Lipinski definition) is 4. The summed E-state index contributed by atoms with van der Waals surface area (Å²) in [6, 6.07) is 5.80. The largest absolute Gasteiger partial charge is 0.485 e. The zero-order chi connectivity index (χ0) is 14.4. The highest BCUT2D eigenvalue weighted by atomic mass is 35.5. The Labute approximate surface area is 129 Å². The summed E-state index contributed by atoms with van der Waals surface area (Å²) in [4.78, 5) is 4.56. The molecule has 0 saturated carbocycles. The van der Waals surface area contributed by atoms with Gasteiger partial charge in [-0.1, -0.05) is 30.7 Å². The molecule has 20 heavy (non-hydrogen) atoms. The van der Waals surface area contributed by atoms with Crippen LogP contribution in [0.15, 0.2) is 23.6 Å². The van der Waals surface area contributed by atoms with Crippen molar-refractivity contribution >= 4 is 22.9 Å². The number of aryl methyl sites for hydroxylation is 1. The van der Waals surface area contributed by atoms with Crippen LogP contribution in [0.1, 0.15) is 29.6 Å². The second-order valence-corrected chi connectivity index (χ2v) is 5.88. The van der Waals surface area contributed by atoms with E-state index in [0.717, 1.165) is 36.4 Å². The fourth-order valence-corrected chi connectivity index (χ4v) is 3.07. The minimum atomic E-state index is 0.459. The average molecular weight is 311 g/mol. The van der Waals surface area contributed by atoms with Crippen molar-refractivity contribution in [3.05, 3.63) is 44.9 Å². The molecule has 2 aromatic rings. The molecule has 1 N–H and O–H groups in total. The third kappa shape index (κ3) is 3.95. The van der Waals surface area contributed by atoms with Gasteiger partial charge in [-0.3, -0.25) is 0 Å². The molecule has 0 unspecified atom stereocenters. The van der Waals surface area contributed by atoms with E-state index in [2.05, 4.69) is 22.6 Å². The zero-order valence-electron chi connectivity index (χ0n) is 11.8. The number of para-hydroxylation sites is 1. The first-order chi connectivity index (χ1) is 9.74. The highest BCUT2D eigenvalue weighted by molar-refractivity contribution is 7.09. The van der Waals surface area contributed by atoms with Gasteiger partial charge in [0.05, 0.1) is 15.7 Å². The van der Waals surface area contributed by atoms with E-state index in [0.29, 0.717) is 11.6 Å². The lowest BCUT2D eigenvalue weighted by atomic mass is 10.2. The van der Waals surface area contributed by atoms with Crippen molar-refractivity contribution in [3.63, 3.8) is 0 Å². The van der Waals surface area contributed by atoms with E-state index in [1.165, 1.54) is 5.01 Å².